The summed E-state index contributed by atoms with van der Waals surface area (Å²) >= 11 is 0. The number of nitrogens with zero attached hydrogens (tertiary/aromatic N) is 1. The fourth-order valence-corrected chi connectivity index (χ4v) is 3.03. The average Bonchev–Trinajstić information content (AvgIpc) is 2.54. The lowest BCUT2D eigenvalue weighted by atomic mass is 9.67. The van der Waals surface area contributed by atoms with Gasteiger partial charge in [-0.15, -0.1) is 0 Å². The number of ether oxygens (including phenoxy) is 1. The highest BCUT2D eigenvalue weighted by Crippen LogP contribution is 2.43. The van der Waals surface area contributed by atoms with Crippen molar-refractivity contribution in [3.05, 3.63) is 35.1 Å². The molecule has 0 saturated heterocycles. The maximum atomic E-state index is 13.6. The van der Waals surface area contributed by atoms with Crippen LogP contribution in [0.4, 0.5) is 4.39 Å². The Morgan fingerprint density at radius 1 is 1.33 bits per heavy atom. The molecule has 1 fully saturated rings. The molecule has 1 saturated carbocycles. The summed E-state index contributed by atoms with van der Waals surface area (Å²) in [6, 6.07) is 5.29. The van der Waals surface area contributed by atoms with Crippen molar-refractivity contribution in [2.75, 3.05) is 26.8 Å². The van der Waals surface area contributed by atoms with Gasteiger partial charge in [-0.2, -0.15) is 0 Å². The van der Waals surface area contributed by atoms with Gasteiger partial charge in [0.1, 0.15) is 5.82 Å². The van der Waals surface area contributed by atoms with E-state index in [1.807, 2.05) is 13.0 Å². The normalized spacial score (nSPS) is 16.6. The SMILES string of the molecule is CCNC(=NCc1ccc(C)c(F)c1)NCC1(CCOC)CCC1. The van der Waals surface area contributed by atoms with Gasteiger partial charge in [0.2, 0.25) is 0 Å². The number of benzene rings is 1. The molecule has 5 heteroatoms. The molecule has 0 unspecified atom stereocenters. The number of rotatable bonds is 8. The molecule has 24 heavy (non-hydrogen) atoms. The highest BCUT2D eigenvalue weighted by molar-refractivity contribution is 5.79. The van der Waals surface area contributed by atoms with Gasteiger partial charge in [0.15, 0.2) is 5.96 Å². The molecular formula is C19H30FN3O. The molecule has 0 amide bonds. The van der Waals surface area contributed by atoms with E-state index < -0.39 is 0 Å². The smallest absolute Gasteiger partial charge is 0.191 e. The van der Waals surface area contributed by atoms with Crippen LogP contribution in [0.15, 0.2) is 23.2 Å². The quantitative estimate of drug-likeness (QED) is 0.565. The predicted molar refractivity (Wildman–Crippen MR) is 96.7 cm³/mol. The minimum Gasteiger partial charge on any atom is -0.385 e. The lowest BCUT2D eigenvalue weighted by Crippen LogP contribution is -2.46. The molecule has 2 N–H and O–H groups in total. The van der Waals surface area contributed by atoms with E-state index in [0.717, 1.165) is 37.6 Å². The number of aliphatic imine (C=N–C) groups is 1. The van der Waals surface area contributed by atoms with Crippen LogP contribution in [0.5, 0.6) is 0 Å². The number of hydrogen-bond donors (Lipinski definition) is 2. The van der Waals surface area contributed by atoms with Gasteiger partial charge >= 0.3 is 0 Å². The predicted octanol–water partition coefficient (Wildman–Crippen LogP) is 3.40. The summed E-state index contributed by atoms with van der Waals surface area (Å²) in [4.78, 5) is 4.59. The van der Waals surface area contributed by atoms with Crippen LogP contribution in [-0.2, 0) is 11.3 Å². The topological polar surface area (TPSA) is 45.7 Å². The second-order valence-corrected chi connectivity index (χ2v) is 6.73. The number of hydrogen-bond acceptors (Lipinski definition) is 2. The Labute approximate surface area is 144 Å². The third kappa shape index (κ3) is 5.20. The number of aryl methyl sites for hydroxylation is 1. The molecule has 4 nitrogen and oxygen atoms in total. The van der Waals surface area contributed by atoms with E-state index in [2.05, 4.69) is 15.6 Å². The second-order valence-electron chi connectivity index (χ2n) is 6.73. The van der Waals surface area contributed by atoms with Gasteiger partial charge in [-0.3, -0.25) is 0 Å². The van der Waals surface area contributed by atoms with Gasteiger partial charge in [-0.05, 0) is 55.7 Å². The van der Waals surface area contributed by atoms with Crippen LogP contribution < -0.4 is 10.6 Å². The van der Waals surface area contributed by atoms with Gasteiger partial charge in [-0.25, -0.2) is 9.38 Å². The third-order valence-electron chi connectivity index (χ3n) is 4.88. The Balaban J connectivity index is 1.93. The molecule has 134 valence electrons. The Morgan fingerprint density at radius 3 is 2.71 bits per heavy atom. The zero-order valence-corrected chi connectivity index (χ0v) is 15.1. The minimum atomic E-state index is -0.173. The molecule has 0 heterocycles. The van der Waals surface area contributed by atoms with Crippen LogP contribution in [0.1, 0.15) is 43.7 Å². The van der Waals surface area contributed by atoms with E-state index in [4.69, 9.17) is 4.74 Å². The van der Waals surface area contributed by atoms with E-state index in [1.54, 1.807) is 26.2 Å². The average molecular weight is 335 g/mol. The van der Waals surface area contributed by atoms with Crippen LogP contribution in [0.25, 0.3) is 0 Å². The number of methoxy groups -OCH3 is 1. The van der Waals surface area contributed by atoms with Crippen LogP contribution in [-0.4, -0.2) is 32.8 Å². The molecule has 0 spiro atoms. The summed E-state index contributed by atoms with van der Waals surface area (Å²) in [5, 5.41) is 6.73. The molecule has 0 radical (unpaired) electrons. The molecule has 1 aliphatic rings. The van der Waals surface area contributed by atoms with Crippen LogP contribution in [0.2, 0.25) is 0 Å². The first kappa shape index (κ1) is 18.7. The zero-order valence-electron chi connectivity index (χ0n) is 15.1. The summed E-state index contributed by atoms with van der Waals surface area (Å²) in [5.74, 6) is 0.621. The number of guanidine groups is 1. The van der Waals surface area contributed by atoms with E-state index in [-0.39, 0.29) is 5.82 Å². The third-order valence-corrected chi connectivity index (χ3v) is 4.88. The van der Waals surface area contributed by atoms with Crippen molar-refractivity contribution in [2.45, 2.75) is 46.1 Å². The summed E-state index contributed by atoms with van der Waals surface area (Å²) in [6.45, 7) is 6.80. The monoisotopic (exact) mass is 335 g/mol. The Morgan fingerprint density at radius 2 is 2.12 bits per heavy atom. The van der Waals surface area contributed by atoms with Crippen molar-refractivity contribution < 1.29 is 9.13 Å². The van der Waals surface area contributed by atoms with Crippen molar-refractivity contribution in [1.29, 1.82) is 0 Å². The molecule has 0 atom stereocenters. The van der Waals surface area contributed by atoms with Crippen molar-refractivity contribution >= 4 is 5.96 Å². The van der Waals surface area contributed by atoms with E-state index in [9.17, 15) is 4.39 Å². The Kier molecular flexibility index (Phi) is 7.03. The molecule has 1 aromatic carbocycles. The zero-order chi connectivity index (χ0) is 17.4. The second kappa shape index (κ2) is 9.02. The van der Waals surface area contributed by atoms with E-state index >= 15 is 0 Å². The Hall–Kier alpha value is -1.62. The molecule has 1 aromatic rings. The first-order chi connectivity index (χ1) is 11.6. The van der Waals surface area contributed by atoms with Crippen LogP contribution in [0, 0.1) is 18.2 Å². The summed E-state index contributed by atoms with van der Waals surface area (Å²) < 4.78 is 18.9. The summed E-state index contributed by atoms with van der Waals surface area (Å²) in [7, 11) is 1.76. The van der Waals surface area contributed by atoms with E-state index in [0.29, 0.717) is 17.5 Å². The maximum Gasteiger partial charge on any atom is 0.191 e. The van der Waals surface area contributed by atoms with Crippen molar-refractivity contribution in [2.24, 2.45) is 10.4 Å². The molecule has 2 rings (SSSR count). The van der Waals surface area contributed by atoms with Gasteiger partial charge in [-0.1, -0.05) is 18.6 Å². The molecule has 0 aliphatic heterocycles. The lowest BCUT2D eigenvalue weighted by Gasteiger charge is -2.42. The Bertz CT molecular complexity index is 556. The first-order valence-corrected chi connectivity index (χ1v) is 8.85. The van der Waals surface area contributed by atoms with E-state index in [1.165, 1.54) is 19.3 Å². The molecular weight excluding hydrogens is 305 g/mol. The van der Waals surface area contributed by atoms with Crippen molar-refractivity contribution in [3.63, 3.8) is 0 Å². The van der Waals surface area contributed by atoms with Gasteiger partial charge in [0.25, 0.3) is 0 Å². The van der Waals surface area contributed by atoms with Gasteiger partial charge in [0, 0.05) is 26.8 Å². The minimum absolute atomic E-state index is 0.173. The first-order valence-electron chi connectivity index (χ1n) is 8.85. The summed E-state index contributed by atoms with van der Waals surface area (Å²) in [6.07, 6.45) is 4.86. The van der Waals surface area contributed by atoms with Gasteiger partial charge < -0.3 is 15.4 Å². The number of halogens is 1. The molecule has 0 aromatic heterocycles. The van der Waals surface area contributed by atoms with Gasteiger partial charge in [0.05, 0.1) is 6.54 Å². The highest BCUT2D eigenvalue weighted by Gasteiger charge is 2.36. The molecule has 0 bridgehead atoms. The van der Waals surface area contributed by atoms with Crippen LogP contribution in [0.3, 0.4) is 0 Å². The fourth-order valence-electron chi connectivity index (χ4n) is 3.03. The van der Waals surface area contributed by atoms with Crippen molar-refractivity contribution in [3.8, 4) is 0 Å². The standard InChI is InChI=1S/C19H30FN3O/c1-4-21-18(22-13-16-7-6-15(2)17(20)12-16)23-14-19(8-5-9-19)10-11-24-3/h6-7,12H,4-5,8-11,13-14H2,1-3H3,(H2,21,22,23). The van der Waals surface area contributed by atoms with Crippen LogP contribution >= 0.6 is 0 Å². The lowest BCUT2D eigenvalue weighted by molar-refractivity contribution is 0.0732. The highest BCUT2D eigenvalue weighted by atomic mass is 19.1. The maximum absolute atomic E-state index is 13.6. The van der Waals surface area contributed by atoms with Crippen molar-refractivity contribution in [1.82, 2.24) is 10.6 Å². The fraction of sp³-hybridized carbons (Fsp3) is 0.632. The molecule has 1 aliphatic carbocycles. The largest absolute Gasteiger partial charge is 0.385 e. The number of nitrogens with one attached hydrogen (secondary N) is 2. The summed E-state index contributed by atoms with van der Waals surface area (Å²) in [5.41, 5.74) is 1.88.